The van der Waals surface area contributed by atoms with Crippen molar-refractivity contribution in [2.75, 3.05) is 19.0 Å². The summed E-state index contributed by atoms with van der Waals surface area (Å²) in [6.07, 6.45) is -4.19. The Bertz CT molecular complexity index is 912. The van der Waals surface area contributed by atoms with E-state index in [-0.39, 0.29) is 24.7 Å². The molecule has 0 unspecified atom stereocenters. The normalized spacial score (nSPS) is 14.8. The number of methoxy groups -OCH3 is 1. The van der Waals surface area contributed by atoms with Gasteiger partial charge in [0.1, 0.15) is 12.3 Å². The predicted octanol–water partition coefficient (Wildman–Crippen LogP) is 3.97. The number of alkyl halides is 3. The van der Waals surface area contributed by atoms with Crippen LogP contribution in [0.5, 0.6) is 5.75 Å². The Balaban J connectivity index is 1.86. The molecule has 29 heavy (non-hydrogen) atoms. The average molecular weight is 431 g/mol. The fourth-order valence-electron chi connectivity index (χ4n) is 3.41. The number of ether oxygens (including phenoxy) is 1. The van der Waals surface area contributed by atoms with Crippen LogP contribution in [0.4, 0.5) is 18.9 Å². The van der Waals surface area contributed by atoms with Crippen molar-refractivity contribution >= 4 is 23.2 Å². The van der Waals surface area contributed by atoms with Crippen molar-refractivity contribution in [1.82, 2.24) is 14.7 Å². The zero-order valence-corrected chi connectivity index (χ0v) is 17.1. The van der Waals surface area contributed by atoms with E-state index in [0.717, 1.165) is 4.68 Å². The second-order valence-electron chi connectivity index (χ2n) is 7.14. The third-order valence-electron chi connectivity index (χ3n) is 4.89. The first-order valence-electron chi connectivity index (χ1n) is 9.13. The van der Waals surface area contributed by atoms with Gasteiger partial charge in [-0.05, 0) is 32.0 Å². The number of hydrogen-bond donors (Lipinski definition) is 1. The standard InChI is InChI=1S/C19H22ClF3N4O2/c1-11(2)26-7-6-15-13(9-26)18(19(21,22)23)25-27(15)10-17(28)24-14-8-12(20)4-5-16(14)29-3/h4-5,8,11H,6-7,9-10H2,1-3H3,(H,24,28). The number of amides is 1. The summed E-state index contributed by atoms with van der Waals surface area (Å²) >= 11 is 5.95. The Morgan fingerprint density at radius 1 is 1.38 bits per heavy atom. The summed E-state index contributed by atoms with van der Waals surface area (Å²) in [6.45, 7) is 4.31. The highest BCUT2D eigenvalue weighted by atomic mass is 35.5. The molecule has 1 N–H and O–H groups in total. The van der Waals surface area contributed by atoms with Crippen LogP contribution in [0.2, 0.25) is 5.02 Å². The second kappa shape index (κ2) is 8.23. The van der Waals surface area contributed by atoms with Gasteiger partial charge in [0.05, 0.1) is 12.8 Å². The third-order valence-corrected chi connectivity index (χ3v) is 5.13. The number of carbonyl (C=O) groups is 1. The molecule has 0 fully saturated rings. The smallest absolute Gasteiger partial charge is 0.435 e. The molecule has 0 saturated carbocycles. The van der Waals surface area contributed by atoms with Crippen molar-refractivity contribution in [2.24, 2.45) is 0 Å². The third kappa shape index (κ3) is 4.67. The molecule has 0 bridgehead atoms. The minimum absolute atomic E-state index is 0.117. The second-order valence-corrected chi connectivity index (χ2v) is 7.57. The number of anilines is 1. The zero-order valence-electron chi connectivity index (χ0n) is 16.3. The van der Waals surface area contributed by atoms with Crippen LogP contribution in [0.15, 0.2) is 18.2 Å². The molecule has 2 heterocycles. The number of hydrogen-bond acceptors (Lipinski definition) is 4. The first-order valence-corrected chi connectivity index (χ1v) is 9.51. The summed E-state index contributed by atoms with van der Waals surface area (Å²) in [5, 5.41) is 6.77. The van der Waals surface area contributed by atoms with Gasteiger partial charge in [-0.3, -0.25) is 14.4 Å². The number of rotatable bonds is 5. The number of benzene rings is 1. The van der Waals surface area contributed by atoms with Gasteiger partial charge in [0.15, 0.2) is 5.69 Å². The highest BCUT2D eigenvalue weighted by Crippen LogP contribution is 2.35. The van der Waals surface area contributed by atoms with E-state index < -0.39 is 17.8 Å². The van der Waals surface area contributed by atoms with E-state index in [9.17, 15) is 18.0 Å². The van der Waals surface area contributed by atoms with Gasteiger partial charge in [-0.25, -0.2) is 0 Å². The lowest BCUT2D eigenvalue weighted by Gasteiger charge is -2.31. The zero-order chi connectivity index (χ0) is 21.3. The molecule has 0 saturated heterocycles. The lowest BCUT2D eigenvalue weighted by molar-refractivity contribution is -0.142. The topological polar surface area (TPSA) is 59.4 Å². The number of halogens is 4. The van der Waals surface area contributed by atoms with Crippen LogP contribution in [-0.2, 0) is 30.5 Å². The maximum absolute atomic E-state index is 13.5. The van der Waals surface area contributed by atoms with Gasteiger partial charge in [0, 0.05) is 41.8 Å². The molecule has 1 amide bonds. The van der Waals surface area contributed by atoms with E-state index in [0.29, 0.717) is 35.1 Å². The lowest BCUT2D eigenvalue weighted by atomic mass is 10.0. The molecular formula is C19H22ClF3N4O2. The van der Waals surface area contributed by atoms with Crippen LogP contribution in [0, 0.1) is 0 Å². The van der Waals surface area contributed by atoms with Crippen LogP contribution >= 0.6 is 11.6 Å². The number of fused-ring (bicyclic) bond motifs is 1. The van der Waals surface area contributed by atoms with Crippen LogP contribution in [-0.4, -0.2) is 40.3 Å². The fourth-order valence-corrected chi connectivity index (χ4v) is 3.59. The maximum atomic E-state index is 13.5. The molecule has 1 aliphatic rings. The Hall–Kier alpha value is -2.26. The van der Waals surface area contributed by atoms with Crippen molar-refractivity contribution < 1.29 is 22.7 Å². The summed E-state index contributed by atoms with van der Waals surface area (Å²) in [5.41, 5.74) is 0.00654. The Morgan fingerprint density at radius 2 is 2.10 bits per heavy atom. The molecule has 0 radical (unpaired) electrons. The molecule has 1 aromatic carbocycles. The van der Waals surface area contributed by atoms with Crippen molar-refractivity contribution in [1.29, 1.82) is 0 Å². The van der Waals surface area contributed by atoms with Gasteiger partial charge in [-0.2, -0.15) is 18.3 Å². The monoisotopic (exact) mass is 430 g/mol. The van der Waals surface area contributed by atoms with Crippen LogP contribution in [0.25, 0.3) is 0 Å². The Kier molecular flexibility index (Phi) is 6.09. The van der Waals surface area contributed by atoms with Crippen molar-refractivity contribution in [2.45, 2.75) is 45.6 Å². The Morgan fingerprint density at radius 3 is 2.72 bits per heavy atom. The molecule has 6 nitrogen and oxygen atoms in total. The van der Waals surface area contributed by atoms with Gasteiger partial charge < -0.3 is 10.1 Å². The van der Waals surface area contributed by atoms with E-state index >= 15 is 0 Å². The molecule has 1 aromatic heterocycles. The van der Waals surface area contributed by atoms with E-state index in [2.05, 4.69) is 10.4 Å². The van der Waals surface area contributed by atoms with Gasteiger partial charge in [-0.15, -0.1) is 0 Å². The summed E-state index contributed by atoms with van der Waals surface area (Å²) in [5.74, 6) is -0.121. The lowest BCUT2D eigenvalue weighted by Crippen LogP contribution is -2.37. The van der Waals surface area contributed by atoms with Crippen molar-refractivity contribution in [3.05, 3.63) is 40.2 Å². The summed E-state index contributed by atoms with van der Waals surface area (Å²) < 4.78 is 46.9. The van der Waals surface area contributed by atoms with Crippen LogP contribution < -0.4 is 10.1 Å². The van der Waals surface area contributed by atoms with Gasteiger partial charge >= 0.3 is 6.18 Å². The quantitative estimate of drug-likeness (QED) is 0.779. The average Bonchev–Trinajstić information content (AvgIpc) is 3.00. The summed E-state index contributed by atoms with van der Waals surface area (Å²) in [7, 11) is 1.44. The van der Waals surface area contributed by atoms with Crippen molar-refractivity contribution in [3.8, 4) is 5.75 Å². The molecule has 3 rings (SSSR count). The van der Waals surface area contributed by atoms with E-state index in [4.69, 9.17) is 16.3 Å². The minimum atomic E-state index is -4.58. The molecular weight excluding hydrogens is 409 g/mol. The summed E-state index contributed by atoms with van der Waals surface area (Å²) in [4.78, 5) is 14.5. The van der Waals surface area contributed by atoms with E-state index in [1.165, 1.54) is 13.2 Å². The largest absolute Gasteiger partial charge is 0.495 e. The fraction of sp³-hybridized carbons (Fsp3) is 0.474. The number of nitrogens with zero attached hydrogens (tertiary/aromatic N) is 3. The highest BCUT2D eigenvalue weighted by molar-refractivity contribution is 6.31. The SMILES string of the molecule is COc1ccc(Cl)cc1NC(=O)Cn1nc(C(F)(F)F)c2c1CCN(C(C)C)C2. The highest BCUT2D eigenvalue weighted by Gasteiger charge is 2.41. The molecule has 1 aliphatic heterocycles. The van der Waals surface area contributed by atoms with Gasteiger partial charge in [-0.1, -0.05) is 11.6 Å². The van der Waals surface area contributed by atoms with Crippen LogP contribution in [0.3, 0.4) is 0 Å². The first kappa shape index (κ1) is 21.4. The molecule has 158 valence electrons. The van der Waals surface area contributed by atoms with E-state index in [1.807, 2.05) is 18.7 Å². The van der Waals surface area contributed by atoms with Gasteiger partial charge in [0.25, 0.3) is 0 Å². The molecule has 0 aliphatic carbocycles. The minimum Gasteiger partial charge on any atom is -0.495 e. The van der Waals surface area contributed by atoms with Gasteiger partial charge in [0.2, 0.25) is 5.91 Å². The number of carbonyl (C=O) groups excluding carboxylic acids is 1. The summed E-state index contributed by atoms with van der Waals surface area (Å²) in [6, 6.07) is 4.83. The molecule has 0 spiro atoms. The number of nitrogens with one attached hydrogen (secondary N) is 1. The predicted molar refractivity (Wildman–Crippen MR) is 103 cm³/mol. The van der Waals surface area contributed by atoms with Crippen LogP contribution in [0.1, 0.15) is 30.8 Å². The molecule has 10 heteroatoms. The molecule has 0 atom stereocenters. The van der Waals surface area contributed by atoms with E-state index in [1.54, 1.807) is 12.1 Å². The maximum Gasteiger partial charge on any atom is 0.435 e. The number of aromatic nitrogens is 2. The van der Waals surface area contributed by atoms with Crippen molar-refractivity contribution in [3.63, 3.8) is 0 Å². The first-order chi connectivity index (χ1) is 13.6. The molecule has 2 aromatic rings. The Labute approximate surface area is 171 Å².